The summed E-state index contributed by atoms with van der Waals surface area (Å²) in [6.45, 7) is 2.76. The lowest BCUT2D eigenvalue weighted by Gasteiger charge is -2.30. The van der Waals surface area contributed by atoms with Crippen LogP contribution in [0.4, 0.5) is 0 Å². The third-order valence-electron chi connectivity index (χ3n) is 11.3. The largest absolute Gasteiger partial charge is 0.232 e. The Balaban J connectivity index is 5.49. The molecule has 0 fully saturated rings. The van der Waals surface area contributed by atoms with Crippen molar-refractivity contribution in [2.24, 2.45) is 0 Å². The summed E-state index contributed by atoms with van der Waals surface area (Å²) in [7, 11) is -8.24. The van der Waals surface area contributed by atoms with Gasteiger partial charge in [0, 0.05) is 51.9 Å². The van der Waals surface area contributed by atoms with Gasteiger partial charge in [-0.1, -0.05) is 154 Å². The minimum absolute atomic E-state index is 0.344. The molecule has 0 atom stereocenters. The molecular formula is C46H84N6O4S2. The van der Waals surface area contributed by atoms with Crippen molar-refractivity contribution < 1.29 is 16.8 Å². The summed E-state index contributed by atoms with van der Waals surface area (Å²) in [5.41, 5.74) is 0. The molecule has 0 spiro atoms. The maximum atomic E-state index is 14.3. The van der Waals surface area contributed by atoms with Crippen LogP contribution in [0.15, 0.2) is 0 Å². The molecule has 0 N–H and O–H groups in total. The van der Waals surface area contributed by atoms with E-state index in [1.165, 1.54) is 15.5 Å². The van der Waals surface area contributed by atoms with Crippen LogP contribution in [0.1, 0.15) is 238 Å². The van der Waals surface area contributed by atoms with Crippen molar-refractivity contribution in [2.75, 3.05) is 26.2 Å². The molecule has 0 heterocycles. The minimum Gasteiger partial charge on any atom is -0.211 e. The zero-order chi connectivity index (χ0) is 42.8. The standard InChI is InChI=1S/C46H84N6O4S2/c1-46(57(53,54)51(42-34-26-18-10-2-6-14-22-30-38-47)43-35-27-19-11-3-7-15-23-31-39-48)58(55,56)52(44-36-28-20-12-4-8-16-24-32-40-49)45-37-29-21-13-5-9-17-25-33-41-50/h46H,2-37,42-45H2,1H3. The van der Waals surface area contributed by atoms with Crippen LogP contribution in [-0.2, 0) is 20.0 Å². The maximum Gasteiger partial charge on any atom is 0.232 e. The van der Waals surface area contributed by atoms with E-state index in [-0.39, 0.29) is 0 Å². The zero-order valence-corrected chi connectivity index (χ0v) is 38.6. The topological polar surface area (TPSA) is 170 Å². The van der Waals surface area contributed by atoms with Gasteiger partial charge in [-0.05, 0) is 58.3 Å². The quantitative estimate of drug-likeness (QED) is 0.0545. The van der Waals surface area contributed by atoms with Gasteiger partial charge < -0.3 is 0 Å². The average molecular weight is 849 g/mol. The third-order valence-corrected chi connectivity index (χ3v) is 16.6. The van der Waals surface area contributed by atoms with Crippen LogP contribution in [0.25, 0.3) is 0 Å². The Kier molecular flexibility index (Phi) is 38.7. The van der Waals surface area contributed by atoms with Crippen molar-refractivity contribution in [3.63, 3.8) is 0 Å². The number of hydrogen-bond donors (Lipinski definition) is 0. The van der Waals surface area contributed by atoms with Gasteiger partial charge in [-0.25, -0.2) is 25.4 Å². The van der Waals surface area contributed by atoms with Crippen molar-refractivity contribution in [3.05, 3.63) is 0 Å². The molecule has 0 amide bonds. The Morgan fingerprint density at radius 1 is 0.310 bits per heavy atom. The molecule has 58 heavy (non-hydrogen) atoms. The predicted octanol–water partition coefficient (Wildman–Crippen LogP) is 12.7. The lowest BCUT2D eigenvalue weighted by atomic mass is 10.1. The molecule has 0 aromatic rings. The molecule has 0 saturated heterocycles. The molecule has 12 heteroatoms. The molecule has 0 aromatic heterocycles. The number of rotatable bonds is 44. The fraction of sp³-hybridized carbons (Fsp3) is 0.913. The molecule has 334 valence electrons. The van der Waals surface area contributed by atoms with Crippen molar-refractivity contribution >= 4 is 20.0 Å². The third kappa shape index (κ3) is 30.8. The Morgan fingerprint density at radius 2 is 0.466 bits per heavy atom. The molecule has 0 saturated carbocycles. The molecule has 0 aliphatic carbocycles. The highest BCUT2D eigenvalue weighted by Gasteiger charge is 2.41. The van der Waals surface area contributed by atoms with Crippen LogP contribution in [0.2, 0.25) is 0 Å². The summed E-state index contributed by atoms with van der Waals surface area (Å²) in [4.78, 5) is 0. The zero-order valence-electron chi connectivity index (χ0n) is 37.0. The lowest BCUT2D eigenvalue weighted by molar-refractivity contribution is 0.371. The number of sulfonamides is 2. The monoisotopic (exact) mass is 849 g/mol. The van der Waals surface area contributed by atoms with Gasteiger partial charge >= 0.3 is 0 Å². The van der Waals surface area contributed by atoms with Gasteiger partial charge in [-0.2, -0.15) is 21.0 Å². The Bertz CT molecular complexity index is 1180. The maximum absolute atomic E-state index is 14.3. The summed E-state index contributed by atoms with van der Waals surface area (Å²) in [5, 5.41) is 35.0. The highest BCUT2D eigenvalue weighted by Crippen LogP contribution is 2.23. The van der Waals surface area contributed by atoms with E-state index in [0.29, 0.717) is 77.5 Å². The van der Waals surface area contributed by atoms with E-state index < -0.39 is 24.6 Å². The molecule has 0 unspecified atom stereocenters. The molecular weight excluding hydrogens is 765 g/mol. The second kappa shape index (κ2) is 40.2. The normalized spacial score (nSPS) is 11.9. The van der Waals surface area contributed by atoms with Gasteiger partial charge in [-0.3, -0.25) is 0 Å². The van der Waals surface area contributed by atoms with Crippen molar-refractivity contribution in [3.8, 4) is 24.3 Å². The van der Waals surface area contributed by atoms with Crippen molar-refractivity contribution in [2.45, 2.75) is 243 Å². The van der Waals surface area contributed by atoms with Gasteiger partial charge in [0.25, 0.3) is 0 Å². The van der Waals surface area contributed by atoms with Crippen LogP contribution in [0.5, 0.6) is 0 Å². The molecule has 0 aromatic carbocycles. The van der Waals surface area contributed by atoms with Crippen LogP contribution < -0.4 is 0 Å². The van der Waals surface area contributed by atoms with Crippen LogP contribution in [0, 0.1) is 45.3 Å². The van der Waals surface area contributed by atoms with Gasteiger partial charge in [0.05, 0.1) is 24.3 Å². The summed E-state index contributed by atoms with van der Waals surface area (Å²) in [6, 6.07) is 8.79. The first-order valence-corrected chi connectivity index (χ1v) is 26.7. The molecule has 0 aliphatic heterocycles. The molecule has 0 aliphatic rings. The van der Waals surface area contributed by atoms with E-state index >= 15 is 0 Å². The first-order valence-electron chi connectivity index (χ1n) is 23.7. The summed E-state index contributed by atoms with van der Waals surface area (Å²) in [5.74, 6) is 0. The minimum atomic E-state index is -4.12. The number of hydrogen-bond acceptors (Lipinski definition) is 8. The van der Waals surface area contributed by atoms with E-state index in [2.05, 4.69) is 24.3 Å². The Labute approximate surface area is 358 Å². The van der Waals surface area contributed by atoms with E-state index in [0.717, 1.165) is 180 Å². The Hall–Kier alpha value is -2.22. The second-order valence-corrected chi connectivity index (χ2v) is 21.2. The highest BCUT2D eigenvalue weighted by atomic mass is 32.3. The van der Waals surface area contributed by atoms with Crippen molar-refractivity contribution in [1.29, 1.82) is 21.0 Å². The smallest absolute Gasteiger partial charge is 0.211 e. The van der Waals surface area contributed by atoms with Crippen LogP contribution in [0.3, 0.4) is 0 Å². The fourth-order valence-electron chi connectivity index (χ4n) is 7.52. The number of nitriles is 4. The van der Waals surface area contributed by atoms with Gasteiger partial charge in [-0.15, -0.1) is 0 Å². The lowest BCUT2D eigenvalue weighted by Crippen LogP contribution is -2.48. The first kappa shape index (κ1) is 55.8. The van der Waals surface area contributed by atoms with Crippen LogP contribution >= 0.6 is 0 Å². The van der Waals surface area contributed by atoms with Gasteiger partial charge in [0.1, 0.15) is 0 Å². The molecule has 10 nitrogen and oxygen atoms in total. The first-order chi connectivity index (χ1) is 28.2. The molecule has 0 rings (SSSR count). The van der Waals surface area contributed by atoms with Crippen LogP contribution in [-0.4, -0.2) is 56.2 Å². The Morgan fingerprint density at radius 3 is 0.638 bits per heavy atom. The predicted molar refractivity (Wildman–Crippen MR) is 239 cm³/mol. The second-order valence-electron chi connectivity index (χ2n) is 16.4. The average Bonchev–Trinajstić information content (AvgIpc) is 3.21. The number of unbranched alkanes of at least 4 members (excludes halogenated alkanes) is 32. The molecule has 0 bridgehead atoms. The van der Waals surface area contributed by atoms with E-state index in [9.17, 15) is 16.8 Å². The van der Waals surface area contributed by atoms with Crippen molar-refractivity contribution in [1.82, 2.24) is 8.61 Å². The number of nitrogens with zero attached hydrogens (tertiary/aromatic N) is 6. The highest BCUT2D eigenvalue weighted by molar-refractivity contribution is 8.06. The fourth-order valence-corrected chi connectivity index (χ4v) is 11.9. The van der Waals surface area contributed by atoms with Gasteiger partial charge in [0.15, 0.2) is 4.58 Å². The van der Waals surface area contributed by atoms with E-state index in [4.69, 9.17) is 21.0 Å². The summed E-state index contributed by atoms with van der Waals surface area (Å²) >= 11 is 0. The summed E-state index contributed by atoms with van der Waals surface area (Å²) < 4.78 is 58.6. The SMILES string of the molecule is CC(S(=O)(=O)N(CCCCCCCCCCC#N)CCCCCCCCCCC#N)S(=O)(=O)N(CCCCCCCCCCC#N)CCCCCCCCCCC#N. The molecule has 0 radical (unpaired) electrons. The summed E-state index contributed by atoms with van der Waals surface area (Å²) in [6.07, 6.45) is 34.3. The van der Waals surface area contributed by atoms with E-state index in [1.807, 2.05) is 0 Å². The van der Waals surface area contributed by atoms with E-state index in [1.54, 1.807) is 0 Å². The van der Waals surface area contributed by atoms with Gasteiger partial charge in [0.2, 0.25) is 20.0 Å².